The second kappa shape index (κ2) is 6.16. The number of thiocarbonyl (C=S) groups is 1. The molecule has 1 heterocycles. The molecule has 2 aromatic rings. The normalized spacial score (nSPS) is 10.2. The molecule has 2 amide bonds. The van der Waals surface area contributed by atoms with Gasteiger partial charge in [-0.1, -0.05) is 30.4 Å². The smallest absolute Gasteiger partial charge is 0.312 e. The number of fused-ring (bicyclic) bond motifs is 1. The number of carbonyl (C=O) groups excluding carboxylic acids is 1. The van der Waals surface area contributed by atoms with Crippen molar-refractivity contribution in [2.75, 3.05) is 18.4 Å². The van der Waals surface area contributed by atoms with E-state index in [2.05, 4.69) is 15.6 Å². The van der Waals surface area contributed by atoms with Crippen molar-refractivity contribution in [2.24, 2.45) is 11.5 Å². The van der Waals surface area contributed by atoms with E-state index in [-0.39, 0.29) is 4.99 Å². The number of nitrogens with one attached hydrogen (secondary N) is 2. The number of nitrogens with two attached hydrogens (primary N) is 2. The second-order valence-corrected chi connectivity index (χ2v) is 4.59. The molecule has 0 radical (unpaired) electrons. The number of amides is 2. The average molecular weight is 289 g/mol. The third kappa shape index (κ3) is 3.12. The molecule has 6 N–H and O–H groups in total. The summed E-state index contributed by atoms with van der Waals surface area (Å²) >= 11 is 5.04. The number of hydrogen-bond acceptors (Lipinski definition) is 4. The van der Waals surface area contributed by atoms with E-state index in [4.69, 9.17) is 23.7 Å². The van der Waals surface area contributed by atoms with Gasteiger partial charge in [-0.2, -0.15) is 0 Å². The van der Waals surface area contributed by atoms with Crippen LogP contribution in [0.3, 0.4) is 0 Å². The van der Waals surface area contributed by atoms with Gasteiger partial charge in [0.15, 0.2) is 0 Å². The van der Waals surface area contributed by atoms with E-state index in [1.165, 1.54) is 0 Å². The van der Waals surface area contributed by atoms with Gasteiger partial charge in [0.25, 0.3) is 0 Å². The number of urea groups is 1. The fourth-order valence-electron chi connectivity index (χ4n) is 1.89. The molecule has 0 saturated heterocycles. The van der Waals surface area contributed by atoms with Gasteiger partial charge in [0.05, 0.1) is 16.8 Å². The van der Waals surface area contributed by atoms with Gasteiger partial charge < -0.3 is 22.1 Å². The maximum absolute atomic E-state index is 10.6. The zero-order chi connectivity index (χ0) is 14.5. The first kappa shape index (κ1) is 14.0. The predicted octanol–water partition coefficient (Wildman–Crippen LogP) is 0.949. The molecule has 1 aromatic heterocycles. The van der Waals surface area contributed by atoms with E-state index < -0.39 is 6.03 Å². The quantitative estimate of drug-likeness (QED) is 0.484. The lowest BCUT2D eigenvalue weighted by Gasteiger charge is -2.14. The highest BCUT2D eigenvalue weighted by Gasteiger charge is 2.10. The van der Waals surface area contributed by atoms with Crippen molar-refractivity contribution < 1.29 is 4.79 Å². The van der Waals surface area contributed by atoms with Gasteiger partial charge in [-0.15, -0.1) is 0 Å². The van der Waals surface area contributed by atoms with Crippen molar-refractivity contribution in [1.29, 1.82) is 0 Å². The number of nitrogens with zero attached hydrogens (tertiary/aromatic N) is 1. The molecule has 0 spiro atoms. The number of anilines is 1. The fourth-order valence-corrected chi connectivity index (χ4v) is 2.05. The summed E-state index contributed by atoms with van der Waals surface area (Å²) in [6.45, 7) is 0.912. The van der Waals surface area contributed by atoms with Gasteiger partial charge in [-0.3, -0.25) is 4.98 Å². The maximum atomic E-state index is 10.6. The lowest BCUT2D eigenvalue weighted by molar-refractivity contribution is 0.249. The number of rotatable bonds is 5. The van der Waals surface area contributed by atoms with Crippen LogP contribution in [0.15, 0.2) is 30.5 Å². The summed E-state index contributed by atoms with van der Waals surface area (Å²) in [7, 11) is 0. The Morgan fingerprint density at radius 2 is 2.00 bits per heavy atom. The summed E-state index contributed by atoms with van der Waals surface area (Å²) in [5, 5.41) is 6.65. The van der Waals surface area contributed by atoms with Crippen LogP contribution in [0.25, 0.3) is 10.9 Å². The number of pyridine rings is 1. The lowest BCUT2D eigenvalue weighted by Crippen LogP contribution is -2.33. The predicted molar refractivity (Wildman–Crippen MR) is 83.7 cm³/mol. The largest absolute Gasteiger partial charge is 0.389 e. The molecule has 0 aliphatic carbocycles. The summed E-state index contributed by atoms with van der Waals surface area (Å²) in [6.07, 6.45) is 1.65. The van der Waals surface area contributed by atoms with Crippen molar-refractivity contribution in [3.8, 4) is 0 Å². The molecule has 1 aromatic carbocycles. The second-order valence-electron chi connectivity index (χ2n) is 4.15. The summed E-state index contributed by atoms with van der Waals surface area (Å²) in [5.41, 5.74) is 13.1. The van der Waals surface area contributed by atoms with E-state index in [1.807, 2.05) is 24.3 Å². The number of hydrogen-bond donors (Lipinski definition) is 4. The van der Waals surface area contributed by atoms with Gasteiger partial charge in [0.2, 0.25) is 0 Å². The number of primary amides is 1. The van der Waals surface area contributed by atoms with Crippen LogP contribution in [0.2, 0.25) is 0 Å². The Bertz CT molecular complexity index is 658. The zero-order valence-corrected chi connectivity index (χ0v) is 11.5. The molecule has 104 valence electrons. The van der Waals surface area contributed by atoms with E-state index in [1.54, 1.807) is 6.20 Å². The van der Waals surface area contributed by atoms with E-state index in [0.717, 1.165) is 16.6 Å². The summed E-state index contributed by atoms with van der Waals surface area (Å²) < 4.78 is 0. The minimum atomic E-state index is -0.555. The van der Waals surface area contributed by atoms with Crippen molar-refractivity contribution in [3.05, 3.63) is 36.0 Å². The Morgan fingerprint density at radius 1 is 1.25 bits per heavy atom. The van der Waals surface area contributed by atoms with Crippen molar-refractivity contribution >= 4 is 39.8 Å². The SMILES string of the molecule is NC(=O)NCCNc1c(C(N)=S)cnc2ccccc12. The van der Waals surface area contributed by atoms with Gasteiger partial charge in [-0.25, -0.2) is 4.79 Å². The van der Waals surface area contributed by atoms with Gasteiger partial charge in [0, 0.05) is 24.7 Å². The third-order valence-electron chi connectivity index (χ3n) is 2.77. The molecule has 0 saturated carbocycles. The van der Waals surface area contributed by atoms with E-state index >= 15 is 0 Å². The molecule has 20 heavy (non-hydrogen) atoms. The molecule has 0 atom stereocenters. The van der Waals surface area contributed by atoms with Crippen LogP contribution in [0, 0.1) is 0 Å². The Labute approximate surface area is 121 Å². The molecule has 7 heteroatoms. The number of carbonyl (C=O) groups is 1. The van der Waals surface area contributed by atoms with Crippen LogP contribution in [0.1, 0.15) is 5.56 Å². The standard InChI is InChI=1S/C13H15N5OS/c14-12(20)9-7-18-10-4-2-1-3-8(10)11(9)16-5-6-17-13(15)19/h1-4,7H,5-6H2,(H2,14,20)(H,16,18)(H3,15,17,19). The topological polar surface area (TPSA) is 106 Å². The van der Waals surface area contributed by atoms with Gasteiger partial charge in [0.1, 0.15) is 4.99 Å². The highest BCUT2D eigenvalue weighted by Crippen LogP contribution is 2.25. The van der Waals surface area contributed by atoms with Crippen LogP contribution in [-0.2, 0) is 0 Å². The van der Waals surface area contributed by atoms with E-state index in [9.17, 15) is 4.79 Å². The van der Waals surface area contributed by atoms with Crippen molar-refractivity contribution in [3.63, 3.8) is 0 Å². The highest BCUT2D eigenvalue weighted by molar-refractivity contribution is 7.80. The van der Waals surface area contributed by atoms with Crippen LogP contribution in [0.4, 0.5) is 10.5 Å². The maximum Gasteiger partial charge on any atom is 0.312 e. The molecule has 2 rings (SSSR count). The molecular weight excluding hydrogens is 274 g/mol. The Morgan fingerprint density at radius 3 is 2.70 bits per heavy atom. The van der Waals surface area contributed by atoms with Crippen LogP contribution >= 0.6 is 12.2 Å². The first-order chi connectivity index (χ1) is 9.59. The molecule has 0 aliphatic heterocycles. The Balaban J connectivity index is 2.30. The van der Waals surface area contributed by atoms with Gasteiger partial charge >= 0.3 is 6.03 Å². The zero-order valence-electron chi connectivity index (χ0n) is 10.7. The number of para-hydroxylation sites is 1. The molecule has 0 aliphatic rings. The summed E-state index contributed by atoms with van der Waals surface area (Å²) in [4.78, 5) is 15.2. The van der Waals surface area contributed by atoms with Crippen molar-refractivity contribution in [1.82, 2.24) is 10.3 Å². The average Bonchev–Trinajstić information content (AvgIpc) is 2.42. The lowest BCUT2D eigenvalue weighted by atomic mass is 10.1. The van der Waals surface area contributed by atoms with E-state index in [0.29, 0.717) is 18.7 Å². The molecule has 0 fully saturated rings. The summed E-state index contributed by atoms with van der Waals surface area (Å²) in [5.74, 6) is 0. The van der Waals surface area contributed by atoms with Crippen LogP contribution in [-0.4, -0.2) is 29.1 Å². The van der Waals surface area contributed by atoms with Gasteiger partial charge in [-0.05, 0) is 6.07 Å². The Hall–Kier alpha value is -2.41. The molecule has 6 nitrogen and oxygen atoms in total. The summed E-state index contributed by atoms with van der Waals surface area (Å²) in [6, 6.07) is 7.12. The Kier molecular flexibility index (Phi) is 4.31. The first-order valence-electron chi connectivity index (χ1n) is 6.04. The fraction of sp³-hybridized carbons (Fsp3) is 0.154. The van der Waals surface area contributed by atoms with Crippen LogP contribution in [0.5, 0.6) is 0 Å². The number of benzene rings is 1. The minimum Gasteiger partial charge on any atom is -0.389 e. The first-order valence-corrected chi connectivity index (χ1v) is 6.45. The monoisotopic (exact) mass is 289 g/mol. The minimum absolute atomic E-state index is 0.272. The van der Waals surface area contributed by atoms with Crippen molar-refractivity contribution in [2.45, 2.75) is 0 Å². The molecule has 0 unspecified atom stereocenters. The van der Waals surface area contributed by atoms with Crippen LogP contribution < -0.4 is 22.1 Å². The molecular formula is C13H15N5OS. The highest BCUT2D eigenvalue weighted by atomic mass is 32.1. The number of aromatic nitrogens is 1. The third-order valence-corrected chi connectivity index (χ3v) is 2.99. The molecule has 0 bridgehead atoms.